The van der Waals surface area contributed by atoms with Gasteiger partial charge in [0.25, 0.3) is 0 Å². The summed E-state index contributed by atoms with van der Waals surface area (Å²) in [4.78, 5) is 23.0. The van der Waals surface area contributed by atoms with E-state index in [2.05, 4.69) is 0 Å². The maximum atomic E-state index is 14.0. The van der Waals surface area contributed by atoms with Crippen molar-refractivity contribution in [1.29, 1.82) is 0 Å². The van der Waals surface area contributed by atoms with E-state index < -0.39 is 23.5 Å². The summed E-state index contributed by atoms with van der Waals surface area (Å²) in [5.41, 5.74) is 0. The number of thiophene rings is 1. The van der Waals surface area contributed by atoms with Crippen molar-refractivity contribution >= 4 is 33.2 Å². The summed E-state index contributed by atoms with van der Waals surface area (Å²) in [6.07, 6.45) is -0.160. The van der Waals surface area contributed by atoms with Crippen LogP contribution in [-0.2, 0) is 4.79 Å². The van der Waals surface area contributed by atoms with Gasteiger partial charge >= 0.3 is 5.97 Å². The number of phenols is 1. The van der Waals surface area contributed by atoms with Crippen LogP contribution in [0.1, 0.15) is 23.0 Å². The van der Waals surface area contributed by atoms with Gasteiger partial charge in [-0.25, -0.2) is 4.39 Å². The number of carbonyl (C=O) groups excluding carboxylic acids is 1. The summed E-state index contributed by atoms with van der Waals surface area (Å²) >= 11 is 1.04. The van der Waals surface area contributed by atoms with Crippen LogP contribution >= 0.6 is 11.3 Å². The monoisotopic (exact) mass is 312 g/mol. The molecule has 2 rings (SSSR count). The predicted octanol–water partition coefficient (Wildman–Crippen LogP) is 3.05. The first-order valence-corrected chi connectivity index (χ1v) is 6.91. The maximum absolute atomic E-state index is 14.0. The fourth-order valence-electron chi connectivity index (χ4n) is 1.87. The van der Waals surface area contributed by atoms with Crippen molar-refractivity contribution < 1.29 is 28.9 Å². The summed E-state index contributed by atoms with van der Waals surface area (Å²) in [7, 11) is 1.30. The molecule has 0 aliphatic carbocycles. The van der Waals surface area contributed by atoms with Gasteiger partial charge in [0, 0.05) is 22.6 Å². The molecule has 1 atom stereocenters. The number of ether oxygens (including phenoxy) is 1. The molecule has 0 bridgehead atoms. The van der Waals surface area contributed by atoms with E-state index in [-0.39, 0.29) is 28.2 Å². The van der Waals surface area contributed by atoms with Crippen LogP contribution in [0.2, 0.25) is 0 Å². The van der Waals surface area contributed by atoms with E-state index in [9.17, 15) is 19.1 Å². The first-order chi connectivity index (χ1) is 9.85. The zero-order chi connectivity index (χ0) is 15.7. The number of methoxy groups -OCH3 is 1. The number of phenolic OH excluding ortho intramolecular Hbond substituents is 1. The minimum atomic E-state index is -1.06. The summed E-state index contributed by atoms with van der Waals surface area (Å²) in [6.45, 7) is 1.43. The lowest BCUT2D eigenvalue weighted by atomic mass is 10.0. The quantitative estimate of drug-likeness (QED) is 0.829. The van der Waals surface area contributed by atoms with Crippen LogP contribution in [0.25, 0.3) is 10.1 Å². The summed E-state index contributed by atoms with van der Waals surface area (Å²) in [6, 6.07) is 2.77. The van der Waals surface area contributed by atoms with Gasteiger partial charge in [0.15, 0.2) is 23.1 Å². The highest BCUT2D eigenvalue weighted by Gasteiger charge is 2.21. The van der Waals surface area contributed by atoms with Gasteiger partial charge in [0.1, 0.15) is 0 Å². The number of Topliss-reactive ketones (excluding diaryl/α,β-unsaturated/α-hetero) is 1. The third-order valence-corrected chi connectivity index (χ3v) is 4.23. The Hall–Kier alpha value is -2.15. The second-order valence-corrected chi connectivity index (χ2v) is 5.71. The average Bonchev–Trinajstić information content (AvgIpc) is 2.86. The number of ketones is 1. The van der Waals surface area contributed by atoms with Crippen molar-refractivity contribution in [3.05, 3.63) is 22.8 Å². The number of carboxylic acids is 1. The number of aromatic hydroxyl groups is 1. The van der Waals surface area contributed by atoms with E-state index >= 15 is 0 Å². The lowest BCUT2D eigenvalue weighted by Gasteiger charge is -2.04. The molecular weight excluding hydrogens is 299 g/mol. The third kappa shape index (κ3) is 2.82. The largest absolute Gasteiger partial charge is 0.502 e. The number of carboxylic acid groups (broad SMARTS) is 1. The Morgan fingerprint density at radius 2 is 2.10 bits per heavy atom. The lowest BCUT2D eigenvalue weighted by molar-refractivity contribution is -0.141. The van der Waals surface area contributed by atoms with Crippen LogP contribution in [0.3, 0.4) is 0 Å². The second kappa shape index (κ2) is 5.69. The molecular formula is C14H13FO5S. The minimum Gasteiger partial charge on any atom is -0.502 e. The number of fused-ring (bicyclic) bond motifs is 1. The molecule has 7 heteroatoms. The molecule has 0 saturated heterocycles. The molecule has 0 aliphatic rings. The first kappa shape index (κ1) is 15.2. The predicted molar refractivity (Wildman–Crippen MR) is 75.7 cm³/mol. The zero-order valence-electron chi connectivity index (χ0n) is 11.3. The Balaban J connectivity index is 2.41. The van der Waals surface area contributed by atoms with Gasteiger partial charge in [0.2, 0.25) is 0 Å². The van der Waals surface area contributed by atoms with E-state index in [1.807, 2.05) is 0 Å². The molecule has 0 amide bonds. The smallest absolute Gasteiger partial charge is 0.306 e. The number of carbonyl (C=O) groups is 2. The number of hydrogen-bond acceptors (Lipinski definition) is 5. The van der Waals surface area contributed by atoms with Crippen molar-refractivity contribution in [2.24, 2.45) is 5.92 Å². The standard InChI is InChI=1S/C14H13FO5S/c1-6(14(18)19)3-8(16)11-4-7-10(21-11)5-9(20-2)13(17)12(7)15/h4-6,17H,3H2,1-2H3,(H,18,19)/t6-/m0/s1. The van der Waals surface area contributed by atoms with Crippen molar-refractivity contribution in [1.82, 2.24) is 0 Å². The molecule has 0 aliphatic heterocycles. The Bertz CT molecular complexity index is 722. The van der Waals surface area contributed by atoms with E-state index in [1.165, 1.54) is 26.2 Å². The maximum Gasteiger partial charge on any atom is 0.306 e. The molecule has 2 aromatic rings. The minimum absolute atomic E-state index is 0.0141. The van der Waals surface area contributed by atoms with Crippen molar-refractivity contribution in [3.8, 4) is 11.5 Å². The lowest BCUT2D eigenvalue weighted by Crippen LogP contribution is -2.13. The molecule has 5 nitrogen and oxygen atoms in total. The highest BCUT2D eigenvalue weighted by Crippen LogP contribution is 2.39. The van der Waals surface area contributed by atoms with Crippen LogP contribution in [0.15, 0.2) is 12.1 Å². The molecule has 1 aromatic carbocycles. The van der Waals surface area contributed by atoms with Crippen molar-refractivity contribution in [2.75, 3.05) is 7.11 Å². The van der Waals surface area contributed by atoms with Crippen LogP contribution in [0.5, 0.6) is 11.5 Å². The SMILES string of the molecule is COc1cc2sc(C(=O)C[C@H](C)C(=O)O)cc2c(F)c1O. The fourth-order valence-corrected chi connectivity index (χ4v) is 2.90. The normalized spacial score (nSPS) is 12.3. The first-order valence-electron chi connectivity index (χ1n) is 6.10. The van der Waals surface area contributed by atoms with E-state index in [1.54, 1.807) is 0 Å². The molecule has 1 aromatic heterocycles. The van der Waals surface area contributed by atoms with Gasteiger partial charge in [-0.05, 0) is 6.07 Å². The Morgan fingerprint density at radius 3 is 2.67 bits per heavy atom. The van der Waals surface area contributed by atoms with E-state index in [0.29, 0.717) is 4.70 Å². The number of halogens is 1. The number of aliphatic carboxylic acids is 1. The van der Waals surface area contributed by atoms with Crippen LogP contribution in [-0.4, -0.2) is 29.1 Å². The van der Waals surface area contributed by atoms with Gasteiger partial charge in [-0.3, -0.25) is 9.59 Å². The van der Waals surface area contributed by atoms with Gasteiger partial charge in [-0.1, -0.05) is 6.92 Å². The molecule has 0 fully saturated rings. The highest BCUT2D eigenvalue weighted by molar-refractivity contribution is 7.20. The second-order valence-electron chi connectivity index (χ2n) is 4.63. The Kier molecular flexibility index (Phi) is 4.13. The van der Waals surface area contributed by atoms with Crippen molar-refractivity contribution in [3.63, 3.8) is 0 Å². The Morgan fingerprint density at radius 1 is 1.43 bits per heavy atom. The van der Waals surface area contributed by atoms with Crippen LogP contribution < -0.4 is 4.74 Å². The van der Waals surface area contributed by atoms with Crippen LogP contribution in [0.4, 0.5) is 4.39 Å². The summed E-state index contributed by atoms with van der Waals surface area (Å²) < 4.78 is 19.3. The Labute approximate surface area is 123 Å². The molecule has 0 radical (unpaired) electrons. The van der Waals surface area contributed by atoms with Gasteiger partial charge < -0.3 is 14.9 Å². The summed E-state index contributed by atoms with van der Waals surface area (Å²) in [5, 5.41) is 18.5. The third-order valence-electron chi connectivity index (χ3n) is 3.11. The van der Waals surface area contributed by atoms with Gasteiger partial charge in [0.05, 0.1) is 17.9 Å². The van der Waals surface area contributed by atoms with E-state index in [4.69, 9.17) is 9.84 Å². The summed E-state index contributed by atoms with van der Waals surface area (Å²) in [5.74, 6) is -3.72. The number of rotatable bonds is 5. The number of benzene rings is 1. The average molecular weight is 312 g/mol. The van der Waals surface area contributed by atoms with Gasteiger partial charge in [-0.2, -0.15) is 0 Å². The molecule has 0 spiro atoms. The zero-order valence-corrected chi connectivity index (χ0v) is 12.2. The molecule has 0 saturated carbocycles. The van der Waals surface area contributed by atoms with Crippen molar-refractivity contribution in [2.45, 2.75) is 13.3 Å². The topological polar surface area (TPSA) is 83.8 Å². The van der Waals surface area contributed by atoms with Gasteiger partial charge in [-0.15, -0.1) is 11.3 Å². The van der Waals surface area contributed by atoms with E-state index in [0.717, 1.165) is 11.3 Å². The molecule has 112 valence electrons. The number of hydrogen-bond donors (Lipinski definition) is 2. The molecule has 1 heterocycles. The van der Waals surface area contributed by atoms with Crippen LogP contribution in [0, 0.1) is 11.7 Å². The molecule has 21 heavy (non-hydrogen) atoms. The fraction of sp³-hybridized carbons (Fsp3) is 0.286. The highest BCUT2D eigenvalue weighted by atomic mass is 32.1. The molecule has 0 unspecified atom stereocenters. The molecule has 2 N–H and O–H groups in total.